The lowest BCUT2D eigenvalue weighted by molar-refractivity contribution is -0.121. The molecule has 1 N–H and O–H groups in total. The molecule has 0 radical (unpaired) electrons. The molecule has 0 saturated carbocycles. The highest BCUT2D eigenvalue weighted by atomic mass is 32.1. The Bertz CT molecular complexity index is 461. The molecule has 0 aliphatic heterocycles. The Hall–Kier alpha value is -1.48. The van der Waals surface area contributed by atoms with Crippen LogP contribution in [0.5, 0.6) is 0 Å². The molecule has 0 atom stereocenters. The highest BCUT2D eigenvalue weighted by Gasteiger charge is 1.98. The number of hydrogen-bond donors (Lipinski definition) is 2. The van der Waals surface area contributed by atoms with E-state index in [2.05, 4.69) is 85.6 Å². The summed E-state index contributed by atoms with van der Waals surface area (Å²) < 4.78 is 0. The highest BCUT2D eigenvalue weighted by Crippen LogP contribution is 2.02. The molecule has 1 amide bonds. The van der Waals surface area contributed by atoms with Crippen molar-refractivity contribution in [3.63, 3.8) is 0 Å². The molecule has 0 bridgehead atoms. The van der Waals surface area contributed by atoms with Crippen LogP contribution in [0.3, 0.4) is 0 Å². The van der Waals surface area contributed by atoms with E-state index in [1.54, 1.807) is 0 Å². The molecule has 146 valence electrons. The third-order valence-corrected chi connectivity index (χ3v) is 3.84. The van der Waals surface area contributed by atoms with Gasteiger partial charge in [-0.25, -0.2) is 0 Å². The van der Waals surface area contributed by atoms with Crippen LogP contribution in [0.25, 0.3) is 0 Å². The number of rotatable bonds is 16. The minimum Gasteiger partial charge on any atom is -0.355 e. The van der Waals surface area contributed by atoms with Crippen LogP contribution in [-0.2, 0) is 4.79 Å². The van der Waals surface area contributed by atoms with E-state index in [1.165, 1.54) is 0 Å². The fraction of sp³-hybridized carbons (Fsp3) is 0.522. The monoisotopic (exact) mass is 375 g/mol. The Morgan fingerprint density at radius 1 is 0.769 bits per heavy atom. The number of amides is 1. The molecule has 0 spiro atoms. The van der Waals surface area contributed by atoms with Crippen molar-refractivity contribution in [1.29, 1.82) is 0 Å². The maximum atomic E-state index is 11.4. The molecule has 2 nitrogen and oxygen atoms in total. The molecule has 0 heterocycles. The van der Waals surface area contributed by atoms with Crippen molar-refractivity contribution in [1.82, 2.24) is 5.32 Å². The standard InChI is InChI=1S/C23H37NOS/c1-2-3-4-5-6-7-8-9-10-11-12-13-14-15-16-17-18-19-20-23(25)24-21-22-26/h3-4,6-7,9-10,12-13,15-16,26H,2,5,8,11,14,17-22H2,1H3,(H,24,25)/b4-3-,7-6-,10-9-,13-12-,16-15-. The molecule has 0 saturated heterocycles. The van der Waals surface area contributed by atoms with E-state index in [-0.39, 0.29) is 5.91 Å². The molecule has 0 unspecified atom stereocenters. The summed E-state index contributed by atoms with van der Waals surface area (Å²) >= 11 is 4.07. The van der Waals surface area contributed by atoms with Crippen LogP contribution in [0, 0.1) is 0 Å². The zero-order valence-corrected chi connectivity index (χ0v) is 17.3. The van der Waals surface area contributed by atoms with Gasteiger partial charge in [0.2, 0.25) is 5.91 Å². The van der Waals surface area contributed by atoms with Crippen molar-refractivity contribution < 1.29 is 4.79 Å². The fourth-order valence-corrected chi connectivity index (χ4v) is 2.31. The quantitative estimate of drug-likeness (QED) is 0.184. The molecule has 3 heteroatoms. The minimum absolute atomic E-state index is 0.142. The van der Waals surface area contributed by atoms with Crippen LogP contribution < -0.4 is 5.32 Å². The molecule has 0 aliphatic carbocycles. The molecular formula is C23H37NOS. The molecule has 0 rings (SSSR count). The van der Waals surface area contributed by atoms with E-state index in [9.17, 15) is 4.79 Å². The summed E-state index contributed by atoms with van der Waals surface area (Å²) in [5.41, 5.74) is 0. The van der Waals surface area contributed by atoms with Crippen molar-refractivity contribution in [2.45, 2.75) is 64.7 Å². The summed E-state index contributed by atoms with van der Waals surface area (Å²) in [6.45, 7) is 2.82. The van der Waals surface area contributed by atoms with Gasteiger partial charge < -0.3 is 5.32 Å². The Morgan fingerprint density at radius 2 is 1.27 bits per heavy atom. The first kappa shape index (κ1) is 24.5. The zero-order chi connectivity index (χ0) is 19.1. The molecule has 0 aromatic heterocycles. The number of nitrogens with one attached hydrogen (secondary N) is 1. The number of carbonyl (C=O) groups excluding carboxylic acids is 1. The van der Waals surface area contributed by atoms with Gasteiger partial charge in [-0.05, 0) is 51.4 Å². The molecular weight excluding hydrogens is 338 g/mol. The first-order valence-electron chi connectivity index (χ1n) is 9.93. The lowest BCUT2D eigenvalue weighted by atomic mass is 10.1. The fourth-order valence-electron chi connectivity index (χ4n) is 2.20. The number of thiol groups is 1. The second-order valence-electron chi connectivity index (χ2n) is 6.03. The number of unbranched alkanes of at least 4 members (excludes halogenated alkanes) is 2. The maximum absolute atomic E-state index is 11.4. The normalized spacial score (nSPS) is 12.5. The maximum Gasteiger partial charge on any atom is 0.220 e. The predicted octanol–water partition coefficient (Wildman–Crippen LogP) is 6.34. The molecule has 0 aliphatic rings. The van der Waals surface area contributed by atoms with E-state index in [4.69, 9.17) is 0 Å². The van der Waals surface area contributed by atoms with Crippen LogP contribution in [0.4, 0.5) is 0 Å². The molecule has 26 heavy (non-hydrogen) atoms. The van der Waals surface area contributed by atoms with Crippen molar-refractivity contribution in [2.24, 2.45) is 0 Å². The van der Waals surface area contributed by atoms with E-state index < -0.39 is 0 Å². The second-order valence-corrected chi connectivity index (χ2v) is 6.47. The Labute approximate surface area is 166 Å². The van der Waals surface area contributed by atoms with Crippen LogP contribution >= 0.6 is 12.6 Å². The van der Waals surface area contributed by atoms with Crippen molar-refractivity contribution in [2.75, 3.05) is 12.3 Å². The van der Waals surface area contributed by atoms with Gasteiger partial charge in [-0.1, -0.05) is 67.7 Å². The van der Waals surface area contributed by atoms with Crippen molar-refractivity contribution >= 4 is 18.5 Å². The van der Waals surface area contributed by atoms with E-state index >= 15 is 0 Å². The topological polar surface area (TPSA) is 29.1 Å². The zero-order valence-electron chi connectivity index (χ0n) is 16.4. The third kappa shape index (κ3) is 20.6. The van der Waals surface area contributed by atoms with Crippen LogP contribution in [-0.4, -0.2) is 18.2 Å². The van der Waals surface area contributed by atoms with Crippen molar-refractivity contribution in [3.8, 4) is 0 Å². The number of hydrogen-bond acceptors (Lipinski definition) is 2. The SMILES string of the molecule is CC/C=C\C/C=C\C/C=C\C/C=C\C/C=C\CCCCC(=O)NCCS. The highest BCUT2D eigenvalue weighted by molar-refractivity contribution is 7.80. The Morgan fingerprint density at radius 3 is 1.77 bits per heavy atom. The number of carbonyl (C=O) groups is 1. The van der Waals surface area contributed by atoms with Crippen LogP contribution in [0.2, 0.25) is 0 Å². The van der Waals surface area contributed by atoms with E-state index in [1.807, 2.05) is 0 Å². The molecule has 0 aromatic rings. The summed E-state index contributed by atoms with van der Waals surface area (Å²) in [4.78, 5) is 11.4. The Kier molecular flexibility index (Phi) is 20.3. The van der Waals surface area contributed by atoms with Gasteiger partial charge in [-0.3, -0.25) is 4.79 Å². The largest absolute Gasteiger partial charge is 0.355 e. The first-order valence-corrected chi connectivity index (χ1v) is 10.6. The lowest BCUT2D eigenvalue weighted by Gasteiger charge is -2.01. The third-order valence-electron chi connectivity index (χ3n) is 3.62. The lowest BCUT2D eigenvalue weighted by Crippen LogP contribution is -2.24. The van der Waals surface area contributed by atoms with Gasteiger partial charge in [0.15, 0.2) is 0 Å². The van der Waals surface area contributed by atoms with Crippen molar-refractivity contribution in [3.05, 3.63) is 60.8 Å². The van der Waals surface area contributed by atoms with Gasteiger partial charge in [-0.2, -0.15) is 12.6 Å². The number of allylic oxidation sites excluding steroid dienone is 10. The van der Waals surface area contributed by atoms with Gasteiger partial charge in [0, 0.05) is 18.7 Å². The summed E-state index contributed by atoms with van der Waals surface area (Å²) in [6.07, 6.45) is 30.9. The van der Waals surface area contributed by atoms with Gasteiger partial charge in [0.1, 0.15) is 0 Å². The summed E-state index contributed by atoms with van der Waals surface area (Å²) in [5.74, 6) is 0.842. The second kappa shape index (κ2) is 21.6. The molecule has 0 aromatic carbocycles. The van der Waals surface area contributed by atoms with Crippen LogP contribution in [0.15, 0.2) is 60.8 Å². The van der Waals surface area contributed by atoms with Gasteiger partial charge in [0.25, 0.3) is 0 Å². The summed E-state index contributed by atoms with van der Waals surface area (Å²) in [6, 6.07) is 0. The van der Waals surface area contributed by atoms with E-state index in [0.717, 1.165) is 51.4 Å². The summed E-state index contributed by atoms with van der Waals surface area (Å²) in [5, 5.41) is 2.83. The minimum atomic E-state index is 0.142. The van der Waals surface area contributed by atoms with Gasteiger partial charge in [0.05, 0.1) is 0 Å². The van der Waals surface area contributed by atoms with Crippen LogP contribution in [0.1, 0.15) is 64.7 Å². The first-order chi connectivity index (χ1) is 12.8. The van der Waals surface area contributed by atoms with Gasteiger partial charge >= 0.3 is 0 Å². The van der Waals surface area contributed by atoms with Gasteiger partial charge in [-0.15, -0.1) is 0 Å². The average Bonchev–Trinajstić information content (AvgIpc) is 2.65. The smallest absolute Gasteiger partial charge is 0.220 e. The predicted molar refractivity (Wildman–Crippen MR) is 120 cm³/mol. The average molecular weight is 376 g/mol. The summed E-state index contributed by atoms with van der Waals surface area (Å²) in [7, 11) is 0. The Balaban J connectivity index is 3.46. The molecule has 0 fully saturated rings. The van der Waals surface area contributed by atoms with E-state index in [0.29, 0.717) is 18.7 Å².